The molecule has 12 nitrogen and oxygen atoms in total. The average molecular weight is 539 g/mol. The van der Waals surface area contributed by atoms with Crippen molar-refractivity contribution in [1.82, 2.24) is 24.5 Å². The molecule has 0 aliphatic carbocycles. The summed E-state index contributed by atoms with van der Waals surface area (Å²) in [7, 11) is -4.13. The van der Waals surface area contributed by atoms with Crippen LogP contribution >= 0.6 is 0 Å². The van der Waals surface area contributed by atoms with Gasteiger partial charge in [-0.3, -0.25) is 19.4 Å². The van der Waals surface area contributed by atoms with Crippen LogP contribution in [0.3, 0.4) is 0 Å². The second-order valence-corrected chi connectivity index (χ2v) is 11.2. The van der Waals surface area contributed by atoms with Crippen molar-refractivity contribution >= 4 is 38.7 Å². The van der Waals surface area contributed by atoms with Crippen LogP contribution in [0, 0.1) is 5.21 Å². The van der Waals surface area contributed by atoms with Gasteiger partial charge >= 0.3 is 0 Å². The fraction of sp³-hybridized carbons (Fsp3) is 0.360. The van der Waals surface area contributed by atoms with Crippen molar-refractivity contribution in [1.29, 1.82) is 0 Å². The minimum absolute atomic E-state index is 0.0598. The molecule has 38 heavy (non-hydrogen) atoms. The minimum Gasteiger partial charge on any atom is -0.619 e. The van der Waals surface area contributed by atoms with E-state index in [-0.39, 0.29) is 23.6 Å². The average Bonchev–Trinajstić information content (AvgIpc) is 3.49. The lowest BCUT2D eigenvalue weighted by atomic mass is 10.1. The summed E-state index contributed by atoms with van der Waals surface area (Å²) in [5, 5.41) is 14.4. The number of rotatable bonds is 7. The Balaban J connectivity index is 1.35. The van der Waals surface area contributed by atoms with Gasteiger partial charge < -0.3 is 15.4 Å². The molecule has 4 heterocycles. The molecule has 2 aliphatic rings. The highest BCUT2D eigenvalue weighted by molar-refractivity contribution is 7.89. The molecule has 1 N–H and O–H groups in total. The number of para-hydroxylation sites is 2. The summed E-state index contributed by atoms with van der Waals surface area (Å²) in [5.41, 5.74) is 1.23. The summed E-state index contributed by atoms with van der Waals surface area (Å²) in [5.74, 6) is -1.42. The van der Waals surface area contributed by atoms with Crippen LogP contribution in [0.15, 0.2) is 59.9 Å². The molecular formula is C25H26N6O6S. The van der Waals surface area contributed by atoms with Gasteiger partial charge in [0.1, 0.15) is 22.7 Å². The molecule has 3 unspecified atom stereocenters. The zero-order valence-corrected chi connectivity index (χ0v) is 21.4. The Kier molecular flexibility index (Phi) is 6.80. The molecular weight excluding hydrogens is 512 g/mol. The number of Topliss-reactive ketones (excluding diaryl/α,β-unsaturated/α-hetero) is 1. The molecule has 2 aliphatic heterocycles. The second-order valence-electron chi connectivity index (χ2n) is 9.31. The number of carbonyl (C=O) groups excluding carboxylic acids is 3. The Hall–Kier alpha value is -3.97. The number of likely N-dealkylation sites (tertiary alicyclic amines) is 1. The summed E-state index contributed by atoms with van der Waals surface area (Å²) < 4.78 is 27.9. The second kappa shape index (κ2) is 10.1. The molecule has 0 saturated carbocycles. The van der Waals surface area contributed by atoms with Crippen molar-refractivity contribution in [2.45, 2.75) is 49.2 Å². The maximum absolute atomic E-state index is 13.6. The van der Waals surface area contributed by atoms with Crippen LogP contribution in [0.25, 0.3) is 11.0 Å². The Bertz CT molecular complexity index is 1530. The van der Waals surface area contributed by atoms with Crippen LogP contribution < -0.4 is 10.0 Å². The van der Waals surface area contributed by atoms with Gasteiger partial charge in [0.25, 0.3) is 5.91 Å². The molecule has 3 aromatic rings. The largest absolute Gasteiger partial charge is 0.619 e. The third kappa shape index (κ3) is 4.58. The Morgan fingerprint density at radius 3 is 2.71 bits per heavy atom. The first-order valence-electron chi connectivity index (χ1n) is 12.3. The normalized spacial score (nSPS) is 20.4. The summed E-state index contributed by atoms with van der Waals surface area (Å²) in [6.07, 6.45) is 4.61. The Morgan fingerprint density at radius 1 is 1.21 bits per heavy atom. The van der Waals surface area contributed by atoms with Crippen molar-refractivity contribution < 1.29 is 27.5 Å². The summed E-state index contributed by atoms with van der Waals surface area (Å²) >= 11 is 0. The lowest BCUT2D eigenvalue weighted by Crippen LogP contribution is -2.52. The third-order valence-electron chi connectivity index (χ3n) is 6.88. The maximum atomic E-state index is 13.6. The van der Waals surface area contributed by atoms with E-state index in [4.69, 9.17) is 0 Å². The quantitative estimate of drug-likeness (QED) is 0.335. The number of fused-ring (bicyclic) bond motifs is 2. The standard InChI is InChI=1S/C25H26N6O6S/c1-2-6-19(28-24(33)20-13-26-17-8-3-4-9-18(17)27-20)25(34)30-12-10-21-23(30)22(32)15-31(21)38(36,37)16-7-5-11-29(35)14-16/h3-5,7-9,11,13-14,19,21,23H,2,6,10,12,15H2,1H3,(H,28,33). The van der Waals surface area contributed by atoms with Crippen molar-refractivity contribution in [2.75, 3.05) is 13.1 Å². The molecule has 2 fully saturated rings. The van der Waals surface area contributed by atoms with Crippen LogP contribution in [-0.2, 0) is 19.6 Å². The molecule has 1 aromatic carbocycles. The summed E-state index contributed by atoms with van der Waals surface area (Å²) in [6, 6.07) is 7.08. The number of hydrogen-bond donors (Lipinski definition) is 1. The number of pyridine rings is 1. The van der Waals surface area contributed by atoms with Crippen LogP contribution in [-0.4, -0.2) is 76.4 Å². The molecule has 2 saturated heterocycles. The lowest BCUT2D eigenvalue weighted by Gasteiger charge is -2.28. The van der Waals surface area contributed by atoms with Crippen molar-refractivity contribution in [2.24, 2.45) is 0 Å². The number of nitrogens with one attached hydrogen (secondary N) is 1. The number of sulfonamides is 1. The van der Waals surface area contributed by atoms with Gasteiger partial charge in [-0.2, -0.15) is 9.04 Å². The van der Waals surface area contributed by atoms with E-state index < -0.39 is 52.3 Å². The smallest absolute Gasteiger partial charge is 0.272 e. The highest BCUT2D eigenvalue weighted by Gasteiger charge is 2.54. The Labute approximate surface area is 218 Å². The first kappa shape index (κ1) is 25.7. The molecule has 5 rings (SSSR count). The topological polar surface area (TPSA) is 157 Å². The fourth-order valence-corrected chi connectivity index (χ4v) is 6.74. The van der Waals surface area contributed by atoms with E-state index in [1.807, 2.05) is 13.0 Å². The molecule has 2 aromatic heterocycles. The van der Waals surface area contributed by atoms with E-state index in [0.29, 0.717) is 28.6 Å². The van der Waals surface area contributed by atoms with Crippen molar-refractivity contribution in [3.8, 4) is 0 Å². The van der Waals surface area contributed by atoms with E-state index in [1.165, 1.54) is 29.4 Å². The SMILES string of the molecule is CCCC(NC(=O)c1cnc2ccccc2n1)C(=O)N1CCC2C1C(=O)CN2S(=O)(=O)c1ccc[n+]([O-])c1. The van der Waals surface area contributed by atoms with Crippen molar-refractivity contribution in [3.05, 3.63) is 65.9 Å². The van der Waals surface area contributed by atoms with E-state index in [0.717, 1.165) is 10.5 Å². The van der Waals surface area contributed by atoms with Crippen LogP contribution in [0.4, 0.5) is 0 Å². The minimum atomic E-state index is -4.13. The monoisotopic (exact) mass is 538 g/mol. The molecule has 13 heteroatoms. The lowest BCUT2D eigenvalue weighted by molar-refractivity contribution is -0.607. The number of benzene rings is 1. The van der Waals surface area contributed by atoms with Crippen LogP contribution in [0.2, 0.25) is 0 Å². The van der Waals surface area contributed by atoms with Gasteiger partial charge in [-0.15, -0.1) is 0 Å². The van der Waals surface area contributed by atoms with Gasteiger partial charge in [0, 0.05) is 12.6 Å². The van der Waals surface area contributed by atoms with Crippen molar-refractivity contribution in [3.63, 3.8) is 0 Å². The predicted molar refractivity (Wildman–Crippen MR) is 134 cm³/mol. The number of nitrogens with zero attached hydrogens (tertiary/aromatic N) is 5. The van der Waals surface area contributed by atoms with E-state index in [9.17, 15) is 28.0 Å². The summed E-state index contributed by atoms with van der Waals surface area (Å²) in [4.78, 5) is 49.3. The fourth-order valence-electron chi connectivity index (χ4n) is 5.11. The molecule has 0 radical (unpaired) electrons. The van der Waals surface area contributed by atoms with E-state index in [2.05, 4.69) is 15.3 Å². The van der Waals surface area contributed by atoms with Crippen LogP contribution in [0.5, 0.6) is 0 Å². The van der Waals surface area contributed by atoms with E-state index >= 15 is 0 Å². The van der Waals surface area contributed by atoms with Gasteiger partial charge in [0.2, 0.25) is 15.9 Å². The number of ketones is 1. The summed E-state index contributed by atoms with van der Waals surface area (Å²) in [6.45, 7) is 1.63. The van der Waals surface area contributed by atoms with Gasteiger partial charge in [-0.1, -0.05) is 25.5 Å². The predicted octanol–water partition coefficient (Wildman–Crippen LogP) is 0.405. The zero-order valence-electron chi connectivity index (χ0n) is 20.6. The number of hydrogen-bond acceptors (Lipinski definition) is 8. The molecule has 198 valence electrons. The first-order chi connectivity index (χ1) is 18.2. The highest BCUT2D eigenvalue weighted by Crippen LogP contribution is 2.34. The third-order valence-corrected chi connectivity index (χ3v) is 8.73. The van der Waals surface area contributed by atoms with Crippen LogP contribution in [0.1, 0.15) is 36.7 Å². The maximum Gasteiger partial charge on any atom is 0.272 e. The van der Waals surface area contributed by atoms with Gasteiger partial charge in [-0.25, -0.2) is 13.4 Å². The van der Waals surface area contributed by atoms with Gasteiger partial charge in [-0.05, 0) is 31.0 Å². The molecule has 0 bridgehead atoms. The molecule has 0 spiro atoms. The number of carbonyl (C=O) groups is 3. The Morgan fingerprint density at radius 2 is 1.97 bits per heavy atom. The molecule has 2 amide bonds. The first-order valence-corrected chi connectivity index (χ1v) is 13.7. The highest BCUT2D eigenvalue weighted by atomic mass is 32.2. The number of aromatic nitrogens is 3. The number of amides is 2. The van der Waals surface area contributed by atoms with Gasteiger partial charge in [0.15, 0.2) is 18.2 Å². The van der Waals surface area contributed by atoms with E-state index in [1.54, 1.807) is 18.2 Å². The van der Waals surface area contributed by atoms with Gasteiger partial charge in [0.05, 0.1) is 29.8 Å². The molecule has 3 atom stereocenters. The zero-order chi connectivity index (χ0) is 27.0.